The summed E-state index contributed by atoms with van der Waals surface area (Å²) in [6.07, 6.45) is 3.72. The second-order valence-electron chi connectivity index (χ2n) is 4.66. The molecule has 0 fully saturated rings. The summed E-state index contributed by atoms with van der Waals surface area (Å²) in [6.45, 7) is 2.86. The molecule has 0 aliphatic rings. The van der Waals surface area contributed by atoms with E-state index in [4.69, 9.17) is 14.9 Å². The summed E-state index contributed by atoms with van der Waals surface area (Å²) >= 11 is 0. The van der Waals surface area contributed by atoms with E-state index in [9.17, 15) is 0 Å². The van der Waals surface area contributed by atoms with Crippen molar-refractivity contribution < 1.29 is 9.15 Å². The molecule has 5 heteroatoms. The minimum Gasteiger partial charge on any atom is -0.497 e. The molecule has 0 aliphatic heterocycles. The van der Waals surface area contributed by atoms with Crippen molar-refractivity contribution in [3.63, 3.8) is 0 Å². The van der Waals surface area contributed by atoms with Crippen LogP contribution in [0.3, 0.4) is 0 Å². The lowest BCUT2D eigenvalue weighted by atomic mass is 10.1. The number of furan rings is 1. The molecule has 0 bridgehead atoms. The van der Waals surface area contributed by atoms with Gasteiger partial charge in [0.15, 0.2) is 0 Å². The molecule has 2 N–H and O–H groups in total. The third-order valence-corrected chi connectivity index (χ3v) is 3.39. The molecular weight excluding hydrogens is 254 g/mol. The standard InChI is InChI=1S/C15H17N3O2/c1-3-18-9-11(8-17-18)15(16)14-6-10-4-5-12(19-2)7-13(10)20-14/h4-9,15H,3,16H2,1-2H3. The van der Waals surface area contributed by atoms with Crippen LogP contribution in [-0.2, 0) is 6.54 Å². The van der Waals surface area contributed by atoms with E-state index in [0.717, 1.165) is 34.6 Å². The van der Waals surface area contributed by atoms with Gasteiger partial charge in [0, 0.05) is 29.8 Å². The van der Waals surface area contributed by atoms with Crippen molar-refractivity contribution in [1.29, 1.82) is 0 Å². The van der Waals surface area contributed by atoms with Gasteiger partial charge in [-0.3, -0.25) is 4.68 Å². The minimum absolute atomic E-state index is 0.311. The zero-order chi connectivity index (χ0) is 14.1. The molecule has 0 amide bonds. The lowest BCUT2D eigenvalue weighted by Crippen LogP contribution is -2.09. The van der Waals surface area contributed by atoms with Crippen molar-refractivity contribution in [3.05, 3.63) is 48.0 Å². The molecular formula is C15H17N3O2. The molecule has 1 unspecified atom stereocenters. The average Bonchev–Trinajstić information content (AvgIpc) is 3.11. The van der Waals surface area contributed by atoms with Crippen molar-refractivity contribution in [3.8, 4) is 5.75 Å². The van der Waals surface area contributed by atoms with E-state index in [1.54, 1.807) is 13.3 Å². The topological polar surface area (TPSA) is 66.2 Å². The molecule has 0 spiro atoms. The van der Waals surface area contributed by atoms with Crippen LogP contribution in [0.4, 0.5) is 0 Å². The number of rotatable bonds is 4. The van der Waals surface area contributed by atoms with Gasteiger partial charge in [-0.25, -0.2) is 0 Å². The fourth-order valence-corrected chi connectivity index (χ4v) is 2.19. The van der Waals surface area contributed by atoms with Gasteiger partial charge in [0.25, 0.3) is 0 Å². The second kappa shape index (κ2) is 5.02. The van der Waals surface area contributed by atoms with Crippen LogP contribution < -0.4 is 10.5 Å². The molecule has 0 saturated heterocycles. The normalized spacial score (nSPS) is 12.8. The smallest absolute Gasteiger partial charge is 0.138 e. The maximum atomic E-state index is 6.24. The Morgan fingerprint density at radius 2 is 2.25 bits per heavy atom. The average molecular weight is 271 g/mol. The molecule has 20 heavy (non-hydrogen) atoms. The SMILES string of the molecule is CCn1cc(C(N)c2cc3ccc(OC)cc3o2)cn1. The van der Waals surface area contributed by atoms with Gasteiger partial charge in [-0.2, -0.15) is 5.10 Å². The maximum Gasteiger partial charge on any atom is 0.138 e. The van der Waals surface area contributed by atoms with E-state index in [2.05, 4.69) is 5.10 Å². The molecule has 1 atom stereocenters. The van der Waals surface area contributed by atoms with Gasteiger partial charge >= 0.3 is 0 Å². The Bertz CT molecular complexity index is 730. The number of nitrogens with zero attached hydrogens (tertiary/aromatic N) is 2. The molecule has 3 rings (SSSR count). The van der Waals surface area contributed by atoms with Crippen molar-refractivity contribution in [2.24, 2.45) is 5.73 Å². The van der Waals surface area contributed by atoms with Crippen LogP contribution in [-0.4, -0.2) is 16.9 Å². The summed E-state index contributed by atoms with van der Waals surface area (Å²) in [7, 11) is 1.63. The number of benzene rings is 1. The van der Waals surface area contributed by atoms with Crippen LogP contribution in [0.2, 0.25) is 0 Å². The molecule has 0 saturated carbocycles. The Kier molecular flexibility index (Phi) is 3.20. The predicted molar refractivity (Wildman–Crippen MR) is 76.7 cm³/mol. The first-order valence-corrected chi connectivity index (χ1v) is 6.56. The quantitative estimate of drug-likeness (QED) is 0.792. The van der Waals surface area contributed by atoms with Crippen LogP contribution in [0.1, 0.15) is 24.3 Å². The second-order valence-corrected chi connectivity index (χ2v) is 4.66. The molecule has 2 aromatic heterocycles. The number of aromatic nitrogens is 2. The van der Waals surface area contributed by atoms with Gasteiger partial charge in [0.05, 0.1) is 19.3 Å². The highest BCUT2D eigenvalue weighted by Gasteiger charge is 2.16. The highest BCUT2D eigenvalue weighted by molar-refractivity contribution is 5.79. The van der Waals surface area contributed by atoms with Crippen LogP contribution in [0.5, 0.6) is 5.75 Å². The van der Waals surface area contributed by atoms with Crippen LogP contribution >= 0.6 is 0 Å². The maximum absolute atomic E-state index is 6.24. The van der Waals surface area contributed by atoms with Gasteiger partial charge in [0.1, 0.15) is 17.1 Å². The Morgan fingerprint density at radius 1 is 1.40 bits per heavy atom. The van der Waals surface area contributed by atoms with Gasteiger partial charge < -0.3 is 14.9 Å². The summed E-state index contributed by atoms with van der Waals surface area (Å²) in [6, 6.07) is 7.38. The molecule has 0 radical (unpaired) electrons. The van der Waals surface area contributed by atoms with Crippen molar-refractivity contribution in [2.75, 3.05) is 7.11 Å². The minimum atomic E-state index is -0.311. The van der Waals surface area contributed by atoms with E-state index in [1.807, 2.05) is 42.1 Å². The monoisotopic (exact) mass is 271 g/mol. The lowest BCUT2D eigenvalue weighted by Gasteiger charge is -2.04. The molecule has 104 valence electrons. The van der Waals surface area contributed by atoms with E-state index >= 15 is 0 Å². The third-order valence-electron chi connectivity index (χ3n) is 3.39. The van der Waals surface area contributed by atoms with Gasteiger partial charge in [-0.1, -0.05) is 0 Å². The number of aryl methyl sites for hydroxylation is 1. The van der Waals surface area contributed by atoms with Crippen molar-refractivity contribution >= 4 is 11.0 Å². The Hall–Kier alpha value is -2.27. The first-order chi connectivity index (χ1) is 9.71. The first-order valence-electron chi connectivity index (χ1n) is 6.56. The van der Waals surface area contributed by atoms with E-state index in [-0.39, 0.29) is 6.04 Å². The lowest BCUT2D eigenvalue weighted by molar-refractivity contribution is 0.414. The molecule has 3 aromatic rings. The summed E-state index contributed by atoms with van der Waals surface area (Å²) in [5.41, 5.74) is 7.96. The summed E-state index contributed by atoms with van der Waals surface area (Å²) in [5, 5.41) is 5.25. The highest BCUT2D eigenvalue weighted by Crippen LogP contribution is 2.28. The fourth-order valence-electron chi connectivity index (χ4n) is 2.19. The first kappa shape index (κ1) is 12.7. The largest absolute Gasteiger partial charge is 0.497 e. The van der Waals surface area contributed by atoms with Gasteiger partial charge in [-0.05, 0) is 25.1 Å². The van der Waals surface area contributed by atoms with Gasteiger partial charge in [-0.15, -0.1) is 0 Å². The van der Waals surface area contributed by atoms with E-state index in [0.29, 0.717) is 0 Å². The Balaban J connectivity index is 1.96. The van der Waals surface area contributed by atoms with Crippen molar-refractivity contribution in [2.45, 2.75) is 19.5 Å². The van der Waals surface area contributed by atoms with Gasteiger partial charge in [0.2, 0.25) is 0 Å². The number of fused-ring (bicyclic) bond motifs is 1. The molecule has 1 aromatic carbocycles. The zero-order valence-electron chi connectivity index (χ0n) is 11.5. The van der Waals surface area contributed by atoms with Crippen LogP contribution in [0.15, 0.2) is 41.1 Å². The Labute approximate surface area is 116 Å². The molecule has 5 nitrogen and oxygen atoms in total. The molecule has 0 aliphatic carbocycles. The number of hydrogen-bond donors (Lipinski definition) is 1. The number of hydrogen-bond acceptors (Lipinski definition) is 4. The summed E-state index contributed by atoms with van der Waals surface area (Å²) < 4.78 is 12.9. The summed E-state index contributed by atoms with van der Waals surface area (Å²) in [5.74, 6) is 1.50. The predicted octanol–water partition coefficient (Wildman–Crippen LogP) is 2.71. The zero-order valence-corrected chi connectivity index (χ0v) is 11.5. The fraction of sp³-hybridized carbons (Fsp3) is 0.267. The third kappa shape index (κ3) is 2.16. The number of nitrogens with two attached hydrogens (primary N) is 1. The van der Waals surface area contributed by atoms with E-state index in [1.165, 1.54) is 0 Å². The van der Waals surface area contributed by atoms with E-state index < -0.39 is 0 Å². The Morgan fingerprint density at radius 3 is 2.95 bits per heavy atom. The summed E-state index contributed by atoms with van der Waals surface area (Å²) in [4.78, 5) is 0. The number of methoxy groups -OCH3 is 1. The van der Waals surface area contributed by atoms with Crippen LogP contribution in [0.25, 0.3) is 11.0 Å². The molecule has 2 heterocycles. The highest BCUT2D eigenvalue weighted by atomic mass is 16.5. The number of ether oxygens (including phenoxy) is 1. The van der Waals surface area contributed by atoms with Crippen LogP contribution in [0, 0.1) is 0 Å². The van der Waals surface area contributed by atoms with Crippen molar-refractivity contribution in [1.82, 2.24) is 9.78 Å².